The number of rotatable bonds is 56. The third kappa shape index (κ3) is 42.8. The molecule has 0 aromatic heterocycles. The Morgan fingerprint density at radius 2 is 0.851 bits per heavy atom. The summed E-state index contributed by atoms with van der Waals surface area (Å²) in [4.78, 5) is 13.2. The van der Waals surface area contributed by atoms with Gasteiger partial charge in [0.15, 0.2) is 6.29 Å². The maximum absolute atomic E-state index is 13.2. The minimum Gasteiger partial charge on any atom is -0.394 e. The molecule has 0 aromatic rings. The molecule has 0 bridgehead atoms. The maximum atomic E-state index is 13.2. The second-order valence-corrected chi connectivity index (χ2v) is 23.4. The number of hydrogen-bond donors (Lipinski definition) is 6. The first kappa shape index (κ1) is 70.9. The van der Waals surface area contributed by atoms with Crippen LogP contribution in [0.5, 0.6) is 0 Å². The molecular weight excluding hydrogens is 955 g/mol. The van der Waals surface area contributed by atoms with E-state index in [9.17, 15) is 38.2 Å². The second-order valence-electron chi connectivity index (χ2n) is 22.4. The van der Waals surface area contributed by atoms with Gasteiger partial charge in [0.25, 0.3) is 0 Å². The highest BCUT2D eigenvalue weighted by atomic mass is 32.3. The number of aliphatic hydroxyl groups is 4. The van der Waals surface area contributed by atoms with Crippen molar-refractivity contribution in [3.05, 3.63) is 12.2 Å². The van der Waals surface area contributed by atoms with Crippen molar-refractivity contribution in [2.75, 3.05) is 13.2 Å². The molecule has 0 aromatic carbocycles. The van der Waals surface area contributed by atoms with Crippen LogP contribution >= 0.6 is 0 Å². The number of amides is 1. The number of ether oxygens (including phenoxy) is 2. The molecule has 74 heavy (non-hydrogen) atoms. The molecule has 13 heteroatoms. The number of aliphatic hydroxyl groups excluding tert-OH is 4. The smallest absolute Gasteiger partial charge is 0.394 e. The van der Waals surface area contributed by atoms with E-state index in [4.69, 9.17) is 9.47 Å². The summed E-state index contributed by atoms with van der Waals surface area (Å²) in [5.41, 5.74) is 0. The molecule has 0 spiro atoms. The number of carbonyl (C=O) groups is 1. The Hall–Kier alpha value is -1.16. The van der Waals surface area contributed by atoms with Gasteiger partial charge >= 0.3 is 10.4 Å². The van der Waals surface area contributed by atoms with E-state index in [1.165, 1.54) is 250 Å². The molecule has 1 fully saturated rings. The highest BCUT2D eigenvalue weighted by Gasteiger charge is 2.48. The van der Waals surface area contributed by atoms with Crippen LogP contribution in [-0.4, -0.2) is 95.4 Å². The Morgan fingerprint density at radius 3 is 1.18 bits per heavy atom. The molecule has 1 heterocycles. The van der Waals surface area contributed by atoms with Gasteiger partial charge in [0.1, 0.15) is 24.4 Å². The summed E-state index contributed by atoms with van der Waals surface area (Å²) < 4.78 is 47.9. The lowest BCUT2D eigenvalue weighted by molar-refractivity contribution is -0.298. The number of allylic oxidation sites excluding steroid dienone is 1. The predicted octanol–water partition coefficient (Wildman–Crippen LogP) is 15.4. The Labute approximate surface area is 455 Å². The Morgan fingerprint density at radius 1 is 0.527 bits per heavy atom. The molecule has 7 atom stereocenters. The normalized spacial score (nSPS) is 19.1. The van der Waals surface area contributed by atoms with Gasteiger partial charge in [0, 0.05) is 6.42 Å². The quantitative estimate of drug-likeness (QED) is 0.0193. The molecule has 440 valence electrons. The standard InChI is InChI=1S/C61H119NO11S/c1-3-5-7-9-11-13-15-17-19-21-23-25-27-29-30-32-34-36-38-40-42-44-46-48-50-55(64)54(53-71-61-59(67)60(73-74(68,69)70)58(66)56(52-63)72-61)62-57(65)51-49-47-45-43-41-39-37-35-33-31-28-26-24-22-20-18-16-14-12-10-8-6-4-2/h48,50,54-56,58-61,63-64,66-67H,3-47,49,51-53H2,1-2H3,(H,62,65)(H,68,69,70)/b50-48+. The van der Waals surface area contributed by atoms with Crippen molar-refractivity contribution in [3.63, 3.8) is 0 Å². The van der Waals surface area contributed by atoms with E-state index in [-0.39, 0.29) is 18.9 Å². The van der Waals surface area contributed by atoms with Crippen molar-refractivity contribution in [2.24, 2.45) is 0 Å². The summed E-state index contributed by atoms with van der Waals surface area (Å²) in [6, 6.07) is -0.941. The van der Waals surface area contributed by atoms with Crippen LogP contribution in [0, 0.1) is 0 Å². The van der Waals surface area contributed by atoms with Crippen molar-refractivity contribution < 1.29 is 51.8 Å². The topological polar surface area (TPSA) is 192 Å². The third-order valence-corrected chi connectivity index (χ3v) is 15.8. The van der Waals surface area contributed by atoms with Crippen LogP contribution in [0.25, 0.3) is 0 Å². The summed E-state index contributed by atoms with van der Waals surface area (Å²) in [5, 5.41) is 45.1. The fourth-order valence-electron chi connectivity index (χ4n) is 10.5. The number of hydrogen-bond acceptors (Lipinski definition) is 10. The SMILES string of the molecule is CCCCCCCCCCCCCCCCCCCCCCCC/C=C/C(O)C(COC1OC(CO)C(O)C(OS(=O)(=O)O)C1O)NC(=O)CCCCCCCCCCCCCCCCCCCCCCCCC. The molecule has 7 unspecified atom stereocenters. The fraction of sp³-hybridized carbons (Fsp3) is 0.951. The van der Waals surface area contributed by atoms with Gasteiger partial charge in [0.2, 0.25) is 5.91 Å². The Bertz CT molecular complexity index is 1350. The molecule has 1 aliphatic heterocycles. The zero-order valence-electron chi connectivity index (χ0n) is 47.9. The van der Waals surface area contributed by atoms with Crippen LogP contribution < -0.4 is 5.32 Å². The number of unbranched alkanes of at least 4 members (excludes halogenated alkanes) is 44. The molecule has 1 saturated heterocycles. The second kappa shape index (κ2) is 51.3. The van der Waals surface area contributed by atoms with Gasteiger partial charge in [-0.05, 0) is 19.3 Å². The molecule has 0 radical (unpaired) electrons. The lowest BCUT2D eigenvalue weighted by Gasteiger charge is -2.41. The average Bonchev–Trinajstić information content (AvgIpc) is 3.38. The van der Waals surface area contributed by atoms with E-state index in [1.54, 1.807) is 6.08 Å². The minimum absolute atomic E-state index is 0.254. The highest BCUT2D eigenvalue weighted by Crippen LogP contribution is 2.26. The van der Waals surface area contributed by atoms with E-state index >= 15 is 0 Å². The van der Waals surface area contributed by atoms with Gasteiger partial charge in [-0.25, -0.2) is 4.18 Å². The minimum atomic E-state index is -5.09. The lowest BCUT2D eigenvalue weighted by atomic mass is 9.99. The first-order valence-corrected chi connectivity index (χ1v) is 32.9. The predicted molar refractivity (Wildman–Crippen MR) is 306 cm³/mol. The first-order valence-electron chi connectivity index (χ1n) is 31.6. The zero-order valence-corrected chi connectivity index (χ0v) is 48.8. The van der Waals surface area contributed by atoms with Gasteiger partial charge in [0.05, 0.1) is 25.4 Å². The van der Waals surface area contributed by atoms with E-state index in [1.807, 2.05) is 6.08 Å². The largest absolute Gasteiger partial charge is 0.397 e. The van der Waals surface area contributed by atoms with Crippen molar-refractivity contribution in [2.45, 2.75) is 358 Å². The van der Waals surface area contributed by atoms with E-state index in [2.05, 4.69) is 23.3 Å². The zero-order chi connectivity index (χ0) is 54.0. The summed E-state index contributed by atoms with van der Waals surface area (Å²) >= 11 is 0. The molecule has 0 aliphatic carbocycles. The van der Waals surface area contributed by atoms with Crippen molar-refractivity contribution in [1.82, 2.24) is 5.32 Å². The number of nitrogens with one attached hydrogen (secondary N) is 1. The van der Waals surface area contributed by atoms with Crippen LogP contribution in [0.15, 0.2) is 12.2 Å². The van der Waals surface area contributed by atoms with Crippen molar-refractivity contribution in [3.8, 4) is 0 Å². The summed E-state index contributed by atoms with van der Waals surface area (Å²) in [5.74, 6) is -0.254. The van der Waals surface area contributed by atoms with Crippen molar-refractivity contribution in [1.29, 1.82) is 0 Å². The van der Waals surface area contributed by atoms with E-state index < -0.39 is 59.9 Å². The summed E-state index contributed by atoms with van der Waals surface area (Å²) in [7, 11) is -5.09. The van der Waals surface area contributed by atoms with Crippen LogP contribution in [-0.2, 0) is 28.9 Å². The van der Waals surface area contributed by atoms with Crippen molar-refractivity contribution >= 4 is 16.3 Å². The monoisotopic (exact) mass is 1070 g/mol. The van der Waals surface area contributed by atoms with Gasteiger partial charge in [-0.2, -0.15) is 8.42 Å². The molecular formula is C61H119NO11S. The van der Waals surface area contributed by atoms with Gasteiger partial charge in [-0.1, -0.05) is 302 Å². The van der Waals surface area contributed by atoms with Crippen LogP contribution in [0.4, 0.5) is 0 Å². The van der Waals surface area contributed by atoms with Gasteiger partial charge in [-0.15, -0.1) is 0 Å². The summed E-state index contributed by atoms with van der Waals surface area (Å²) in [6.45, 7) is 3.46. The molecule has 12 nitrogen and oxygen atoms in total. The first-order chi connectivity index (χ1) is 36.0. The fourth-order valence-corrected chi connectivity index (χ4v) is 11.0. The Kier molecular flexibility index (Phi) is 49.1. The number of carbonyl (C=O) groups excluding carboxylic acids is 1. The molecule has 1 amide bonds. The lowest BCUT2D eigenvalue weighted by Crippen LogP contribution is -2.61. The van der Waals surface area contributed by atoms with E-state index in [0.29, 0.717) is 6.42 Å². The average molecular weight is 1070 g/mol. The molecule has 6 N–H and O–H groups in total. The van der Waals surface area contributed by atoms with Gasteiger partial charge in [-0.3, -0.25) is 9.35 Å². The molecule has 1 rings (SSSR count). The third-order valence-electron chi connectivity index (χ3n) is 15.3. The molecule has 1 aliphatic rings. The van der Waals surface area contributed by atoms with Gasteiger partial charge < -0.3 is 35.2 Å². The maximum Gasteiger partial charge on any atom is 0.397 e. The van der Waals surface area contributed by atoms with Crippen LogP contribution in [0.3, 0.4) is 0 Å². The van der Waals surface area contributed by atoms with Crippen LogP contribution in [0.1, 0.15) is 316 Å². The summed E-state index contributed by atoms with van der Waals surface area (Å²) in [6.07, 6.45) is 54.1. The molecule has 0 saturated carbocycles. The highest BCUT2D eigenvalue weighted by molar-refractivity contribution is 7.80. The van der Waals surface area contributed by atoms with Crippen LogP contribution in [0.2, 0.25) is 0 Å². The Balaban J connectivity index is 2.32. The van der Waals surface area contributed by atoms with E-state index in [0.717, 1.165) is 38.5 Å².